The van der Waals surface area contributed by atoms with Crippen LogP contribution >= 0.6 is 0 Å². The summed E-state index contributed by atoms with van der Waals surface area (Å²) >= 11 is 0. The quantitative estimate of drug-likeness (QED) is 0.875. The second-order valence-electron chi connectivity index (χ2n) is 8.46. The van der Waals surface area contributed by atoms with Crippen molar-refractivity contribution in [3.05, 3.63) is 29.8 Å². The first kappa shape index (κ1) is 17.4. The van der Waals surface area contributed by atoms with Gasteiger partial charge in [0.25, 0.3) is 5.91 Å². The van der Waals surface area contributed by atoms with E-state index in [1.807, 2.05) is 43.0 Å². The summed E-state index contributed by atoms with van der Waals surface area (Å²) in [5, 5.41) is 6.95. The van der Waals surface area contributed by atoms with E-state index in [0.29, 0.717) is 11.5 Å². The molecule has 0 aromatic heterocycles. The fourth-order valence-corrected chi connectivity index (χ4v) is 5.58. The van der Waals surface area contributed by atoms with Gasteiger partial charge in [0.1, 0.15) is 5.66 Å². The molecule has 1 spiro atoms. The molecule has 4 atom stereocenters. The summed E-state index contributed by atoms with van der Waals surface area (Å²) in [6.45, 7) is 7.86. The predicted octanol–water partition coefficient (Wildman–Crippen LogP) is 3.23. The molecule has 5 nitrogen and oxygen atoms in total. The van der Waals surface area contributed by atoms with Crippen LogP contribution in [0, 0.1) is 17.3 Å². The molecule has 4 aliphatic rings. The summed E-state index contributed by atoms with van der Waals surface area (Å²) in [6.07, 6.45) is 3.76. The molecule has 5 heteroatoms. The molecular weight excluding hydrogens is 326 g/mol. The number of carbonyl (C=O) groups is 2. The first-order chi connectivity index (χ1) is 12.4. The molecule has 2 bridgehead atoms. The van der Waals surface area contributed by atoms with E-state index in [9.17, 15) is 9.59 Å². The van der Waals surface area contributed by atoms with Gasteiger partial charge in [-0.05, 0) is 57.1 Å². The smallest absolute Gasteiger partial charge is 0.255 e. The van der Waals surface area contributed by atoms with Crippen molar-refractivity contribution in [3.8, 4) is 0 Å². The van der Waals surface area contributed by atoms with Crippen LogP contribution in [-0.4, -0.2) is 35.5 Å². The zero-order valence-corrected chi connectivity index (χ0v) is 16.0. The Morgan fingerprint density at radius 2 is 1.96 bits per heavy atom. The fraction of sp³-hybridized carbons (Fsp3) is 0.619. The Kier molecular flexibility index (Phi) is 4.01. The Labute approximate surface area is 155 Å². The zero-order chi connectivity index (χ0) is 18.5. The van der Waals surface area contributed by atoms with E-state index in [2.05, 4.69) is 17.6 Å². The molecule has 1 aromatic carbocycles. The summed E-state index contributed by atoms with van der Waals surface area (Å²) in [7, 11) is 0. The van der Waals surface area contributed by atoms with Gasteiger partial charge in [-0.3, -0.25) is 9.59 Å². The lowest BCUT2D eigenvalue weighted by Crippen LogP contribution is -2.70. The molecule has 1 heterocycles. The van der Waals surface area contributed by atoms with Crippen LogP contribution in [0.1, 0.15) is 56.8 Å². The molecule has 0 saturated heterocycles. The van der Waals surface area contributed by atoms with Crippen molar-refractivity contribution in [2.24, 2.45) is 17.3 Å². The van der Waals surface area contributed by atoms with E-state index in [1.165, 1.54) is 0 Å². The van der Waals surface area contributed by atoms with Crippen LogP contribution in [0.15, 0.2) is 24.3 Å². The topological polar surface area (TPSA) is 61.4 Å². The van der Waals surface area contributed by atoms with Gasteiger partial charge in [0.2, 0.25) is 5.91 Å². The average molecular weight is 355 g/mol. The van der Waals surface area contributed by atoms with Crippen LogP contribution in [-0.2, 0) is 4.79 Å². The van der Waals surface area contributed by atoms with E-state index in [0.717, 1.165) is 44.5 Å². The third kappa shape index (κ3) is 2.43. The Hall–Kier alpha value is -2.04. The van der Waals surface area contributed by atoms with E-state index in [1.54, 1.807) is 0 Å². The highest BCUT2D eigenvalue weighted by Crippen LogP contribution is 2.58. The van der Waals surface area contributed by atoms with Crippen LogP contribution in [0.5, 0.6) is 0 Å². The van der Waals surface area contributed by atoms with Gasteiger partial charge in [0.15, 0.2) is 0 Å². The number of nitrogens with zero attached hydrogens (tertiary/aromatic N) is 1. The number of rotatable bonds is 3. The van der Waals surface area contributed by atoms with Crippen molar-refractivity contribution in [3.63, 3.8) is 0 Å². The zero-order valence-electron chi connectivity index (χ0n) is 16.0. The SMILES string of the molecule is CCN(CC)C(=O)[C@H]1C[C@@H]2CC[C@]1(C)C[C@]21NC(=O)c2ccccc2N1. The molecule has 140 valence electrons. The van der Waals surface area contributed by atoms with Gasteiger partial charge in [0, 0.05) is 30.6 Å². The molecule has 3 aliphatic carbocycles. The van der Waals surface area contributed by atoms with Gasteiger partial charge in [-0.25, -0.2) is 0 Å². The number of nitrogens with one attached hydrogen (secondary N) is 2. The van der Waals surface area contributed by atoms with Crippen molar-refractivity contribution in [1.29, 1.82) is 0 Å². The number of benzene rings is 1. The van der Waals surface area contributed by atoms with Gasteiger partial charge in [-0.1, -0.05) is 19.1 Å². The normalized spacial score (nSPS) is 34.8. The van der Waals surface area contributed by atoms with Crippen LogP contribution < -0.4 is 10.6 Å². The molecule has 26 heavy (non-hydrogen) atoms. The highest BCUT2D eigenvalue weighted by atomic mass is 16.2. The van der Waals surface area contributed by atoms with Crippen molar-refractivity contribution in [1.82, 2.24) is 10.2 Å². The standard InChI is InChI=1S/C21H29N3O2/c1-4-24(5-2)19(26)16-12-14-10-11-20(16,3)13-21(14)22-17-9-7-6-8-15(17)18(25)23-21/h6-9,14,16,22H,4-5,10-13H2,1-3H3,(H,23,25)/t14-,16+,20+,21-/m0/s1. The van der Waals surface area contributed by atoms with E-state index in [-0.39, 0.29) is 23.2 Å². The largest absolute Gasteiger partial charge is 0.362 e. The average Bonchev–Trinajstić information content (AvgIpc) is 2.62. The Balaban J connectivity index is 1.64. The number of anilines is 1. The maximum Gasteiger partial charge on any atom is 0.255 e. The summed E-state index contributed by atoms with van der Waals surface area (Å²) < 4.78 is 0. The number of carbonyl (C=O) groups excluding carboxylic acids is 2. The molecule has 2 amide bonds. The molecule has 3 saturated carbocycles. The number of amides is 2. The minimum atomic E-state index is -0.418. The number of para-hydroxylation sites is 1. The van der Waals surface area contributed by atoms with Gasteiger partial charge >= 0.3 is 0 Å². The van der Waals surface area contributed by atoms with Crippen molar-refractivity contribution in [2.75, 3.05) is 18.4 Å². The lowest BCUT2D eigenvalue weighted by molar-refractivity contribution is -0.150. The van der Waals surface area contributed by atoms with E-state index >= 15 is 0 Å². The molecular formula is C21H29N3O2. The third-order valence-electron chi connectivity index (χ3n) is 7.04. The fourth-order valence-electron chi connectivity index (χ4n) is 5.58. The summed E-state index contributed by atoms with van der Waals surface area (Å²) in [4.78, 5) is 27.8. The molecule has 0 unspecified atom stereocenters. The minimum absolute atomic E-state index is 0.00196. The molecule has 2 N–H and O–H groups in total. The van der Waals surface area contributed by atoms with Crippen LogP contribution in [0.4, 0.5) is 5.69 Å². The summed E-state index contributed by atoms with van der Waals surface area (Å²) in [6, 6.07) is 7.71. The minimum Gasteiger partial charge on any atom is -0.362 e. The van der Waals surface area contributed by atoms with Gasteiger partial charge in [0.05, 0.1) is 5.56 Å². The predicted molar refractivity (Wildman–Crippen MR) is 102 cm³/mol. The number of fused-ring (bicyclic) bond motifs is 3. The molecule has 5 rings (SSSR count). The second kappa shape index (κ2) is 6.00. The first-order valence-electron chi connectivity index (χ1n) is 9.91. The molecule has 1 aromatic rings. The summed E-state index contributed by atoms with van der Waals surface area (Å²) in [5.74, 6) is 0.635. The van der Waals surface area contributed by atoms with Gasteiger partial charge in [-0.2, -0.15) is 0 Å². The lowest BCUT2D eigenvalue weighted by atomic mass is 9.51. The van der Waals surface area contributed by atoms with E-state index in [4.69, 9.17) is 0 Å². The molecule has 3 fully saturated rings. The lowest BCUT2D eigenvalue weighted by Gasteiger charge is -2.61. The van der Waals surface area contributed by atoms with Crippen LogP contribution in [0.2, 0.25) is 0 Å². The number of hydrogen-bond acceptors (Lipinski definition) is 3. The first-order valence-corrected chi connectivity index (χ1v) is 9.91. The number of hydrogen-bond donors (Lipinski definition) is 2. The van der Waals surface area contributed by atoms with Gasteiger partial charge < -0.3 is 15.5 Å². The van der Waals surface area contributed by atoms with Crippen molar-refractivity contribution in [2.45, 2.75) is 52.1 Å². The van der Waals surface area contributed by atoms with E-state index < -0.39 is 5.66 Å². The maximum absolute atomic E-state index is 13.1. The Bertz CT molecular complexity index is 745. The van der Waals surface area contributed by atoms with Crippen molar-refractivity contribution < 1.29 is 9.59 Å². The third-order valence-corrected chi connectivity index (χ3v) is 7.04. The monoisotopic (exact) mass is 355 g/mol. The highest BCUT2D eigenvalue weighted by molar-refractivity contribution is 6.02. The Morgan fingerprint density at radius 1 is 1.23 bits per heavy atom. The van der Waals surface area contributed by atoms with Crippen LogP contribution in [0.3, 0.4) is 0 Å². The van der Waals surface area contributed by atoms with Gasteiger partial charge in [-0.15, -0.1) is 0 Å². The van der Waals surface area contributed by atoms with Crippen LogP contribution in [0.25, 0.3) is 0 Å². The maximum atomic E-state index is 13.1. The van der Waals surface area contributed by atoms with Crippen molar-refractivity contribution >= 4 is 17.5 Å². The Morgan fingerprint density at radius 3 is 2.65 bits per heavy atom. The highest BCUT2D eigenvalue weighted by Gasteiger charge is 2.60. The molecule has 1 aliphatic heterocycles. The molecule has 0 radical (unpaired) electrons. The second-order valence-corrected chi connectivity index (χ2v) is 8.46. The summed E-state index contributed by atoms with van der Waals surface area (Å²) in [5.41, 5.74) is 1.12.